The summed E-state index contributed by atoms with van der Waals surface area (Å²) in [6.07, 6.45) is -3.26. The summed E-state index contributed by atoms with van der Waals surface area (Å²) in [5, 5.41) is 3.25. The number of piperazine rings is 1. The lowest BCUT2D eigenvalue weighted by atomic mass is 9.95. The van der Waals surface area contributed by atoms with Gasteiger partial charge in [0, 0.05) is 50.6 Å². The van der Waals surface area contributed by atoms with Gasteiger partial charge >= 0.3 is 6.18 Å². The number of benzene rings is 1. The van der Waals surface area contributed by atoms with Crippen molar-refractivity contribution >= 4 is 11.8 Å². The third-order valence-electron chi connectivity index (χ3n) is 5.29. The van der Waals surface area contributed by atoms with Gasteiger partial charge < -0.3 is 10.1 Å². The molecule has 2 aliphatic rings. The Kier molecular flexibility index (Phi) is 6.79. The number of ether oxygens (including phenoxy) is 1. The third kappa shape index (κ3) is 5.27. The molecule has 6 nitrogen and oxygen atoms in total. The highest BCUT2D eigenvalue weighted by Crippen LogP contribution is 2.35. The number of likely N-dealkylation sites (tertiary alicyclic amines) is 1. The second-order valence-electron chi connectivity index (χ2n) is 7.40. The Morgan fingerprint density at radius 2 is 1.86 bits per heavy atom. The molecule has 1 unspecified atom stereocenters. The number of carbonyl (C=O) groups is 2. The van der Waals surface area contributed by atoms with Crippen LogP contribution in [0.2, 0.25) is 0 Å². The lowest BCUT2D eigenvalue weighted by Gasteiger charge is -2.44. The number of rotatable bonds is 6. The highest BCUT2D eigenvalue weighted by Gasteiger charge is 2.39. The smallest absolute Gasteiger partial charge is 0.422 e. The summed E-state index contributed by atoms with van der Waals surface area (Å²) in [5.74, 6) is -0.205. The van der Waals surface area contributed by atoms with E-state index in [4.69, 9.17) is 4.74 Å². The molecule has 1 N–H and O–H groups in total. The van der Waals surface area contributed by atoms with Gasteiger partial charge in [-0.05, 0) is 12.5 Å². The molecular weight excluding hydrogens is 387 g/mol. The van der Waals surface area contributed by atoms with Crippen molar-refractivity contribution in [3.05, 3.63) is 29.8 Å². The van der Waals surface area contributed by atoms with Crippen LogP contribution in [-0.2, 0) is 9.59 Å². The first-order valence-corrected chi connectivity index (χ1v) is 9.88. The highest BCUT2D eigenvalue weighted by atomic mass is 19.4. The van der Waals surface area contributed by atoms with Crippen LogP contribution in [0.5, 0.6) is 5.75 Å². The molecule has 1 aromatic carbocycles. The maximum atomic E-state index is 12.6. The number of hydrogen-bond donors (Lipinski definition) is 1. The molecule has 2 aliphatic heterocycles. The summed E-state index contributed by atoms with van der Waals surface area (Å²) in [6.45, 7) is 2.75. The van der Waals surface area contributed by atoms with Crippen LogP contribution >= 0.6 is 0 Å². The first kappa shape index (κ1) is 21.6. The molecule has 0 spiro atoms. The fourth-order valence-corrected chi connectivity index (χ4v) is 4.03. The molecule has 3 rings (SSSR count). The van der Waals surface area contributed by atoms with Gasteiger partial charge in [-0.25, -0.2) is 0 Å². The van der Waals surface area contributed by atoms with Crippen LogP contribution in [0.4, 0.5) is 13.2 Å². The molecule has 2 amide bonds. The molecular formula is C20H26F3N3O3. The molecule has 2 fully saturated rings. The fourth-order valence-electron chi connectivity index (χ4n) is 4.03. The van der Waals surface area contributed by atoms with Crippen molar-refractivity contribution in [2.45, 2.75) is 44.4 Å². The lowest BCUT2D eigenvalue weighted by molar-refractivity contribution is -0.154. The minimum Gasteiger partial charge on any atom is -0.484 e. The van der Waals surface area contributed by atoms with Crippen LogP contribution in [0.15, 0.2) is 24.3 Å². The van der Waals surface area contributed by atoms with E-state index in [0.29, 0.717) is 38.2 Å². The average Bonchev–Trinajstić information content (AvgIpc) is 2.69. The summed E-state index contributed by atoms with van der Waals surface area (Å²) in [6, 6.07) is 6.09. The third-order valence-corrected chi connectivity index (χ3v) is 5.29. The summed E-state index contributed by atoms with van der Waals surface area (Å²) in [4.78, 5) is 28.3. The van der Waals surface area contributed by atoms with E-state index >= 15 is 0 Å². The van der Waals surface area contributed by atoms with Gasteiger partial charge in [0.05, 0.1) is 6.04 Å². The van der Waals surface area contributed by atoms with E-state index in [1.165, 1.54) is 11.0 Å². The minimum absolute atomic E-state index is 0.171. The fraction of sp³-hybridized carbons (Fsp3) is 0.600. The van der Waals surface area contributed by atoms with Crippen LogP contribution in [0.25, 0.3) is 0 Å². The van der Waals surface area contributed by atoms with Gasteiger partial charge in [0.2, 0.25) is 11.8 Å². The second kappa shape index (κ2) is 9.13. The van der Waals surface area contributed by atoms with E-state index in [1.807, 2.05) is 6.92 Å². The van der Waals surface area contributed by atoms with Crippen molar-refractivity contribution in [1.82, 2.24) is 15.1 Å². The molecule has 2 heterocycles. The molecule has 0 radical (unpaired) electrons. The molecule has 0 aromatic heterocycles. The number of para-hydroxylation sites is 1. The number of piperidine rings is 1. The average molecular weight is 413 g/mol. The standard InChI is InChI=1S/C20H26F3N3O3/c1-2-8-26-18(27)10-14(11-19(26)28)25-9-7-24-12-16(25)15-5-3-4-6-17(15)29-13-20(21,22)23/h3-6,14,16,24H,2,7-13H2,1H3. The van der Waals surface area contributed by atoms with E-state index in [9.17, 15) is 22.8 Å². The van der Waals surface area contributed by atoms with Crippen molar-refractivity contribution < 1.29 is 27.5 Å². The summed E-state index contributed by atoms with van der Waals surface area (Å²) in [7, 11) is 0. The van der Waals surface area contributed by atoms with Crippen molar-refractivity contribution in [3.8, 4) is 5.75 Å². The molecule has 1 atom stereocenters. The maximum absolute atomic E-state index is 12.6. The topological polar surface area (TPSA) is 61.9 Å². The number of imide groups is 1. The summed E-state index contributed by atoms with van der Waals surface area (Å²) >= 11 is 0. The monoisotopic (exact) mass is 413 g/mol. The number of nitrogens with one attached hydrogen (secondary N) is 1. The van der Waals surface area contributed by atoms with Crippen LogP contribution in [-0.4, -0.2) is 66.6 Å². The molecule has 0 saturated carbocycles. The quantitative estimate of drug-likeness (QED) is 0.727. The zero-order valence-corrected chi connectivity index (χ0v) is 16.4. The van der Waals surface area contributed by atoms with Gasteiger partial charge in [-0.1, -0.05) is 25.1 Å². The molecule has 0 bridgehead atoms. The van der Waals surface area contributed by atoms with Gasteiger partial charge in [0.25, 0.3) is 0 Å². The highest BCUT2D eigenvalue weighted by molar-refractivity contribution is 5.98. The van der Waals surface area contributed by atoms with Gasteiger partial charge in [-0.3, -0.25) is 19.4 Å². The lowest BCUT2D eigenvalue weighted by Crippen LogP contribution is -2.56. The molecule has 160 valence electrons. The number of halogens is 3. The number of amides is 2. The van der Waals surface area contributed by atoms with Crippen LogP contribution in [0, 0.1) is 0 Å². The van der Waals surface area contributed by atoms with Crippen molar-refractivity contribution in [2.24, 2.45) is 0 Å². The SMILES string of the molecule is CCCN1C(=O)CC(N2CCNCC2c2ccccc2OCC(F)(F)F)CC1=O. The summed E-state index contributed by atoms with van der Waals surface area (Å²) in [5.41, 5.74) is 0.625. The largest absolute Gasteiger partial charge is 0.484 e. The van der Waals surface area contributed by atoms with Crippen molar-refractivity contribution in [1.29, 1.82) is 0 Å². The number of alkyl halides is 3. The number of carbonyl (C=O) groups excluding carboxylic acids is 2. The Morgan fingerprint density at radius 1 is 1.17 bits per heavy atom. The normalized spacial score (nSPS) is 22.2. The zero-order valence-electron chi connectivity index (χ0n) is 16.4. The predicted octanol–water partition coefficient (Wildman–Crippen LogP) is 2.50. The van der Waals surface area contributed by atoms with Crippen LogP contribution in [0.1, 0.15) is 37.8 Å². The molecule has 0 aliphatic carbocycles. The predicted molar refractivity (Wildman–Crippen MR) is 100 cm³/mol. The number of nitrogens with zero attached hydrogens (tertiary/aromatic N) is 2. The van der Waals surface area contributed by atoms with Crippen LogP contribution < -0.4 is 10.1 Å². The minimum atomic E-state index is -4.43. The van der Waals surface area contributed by atoms with Gasteiger partial charge in [-0.15, -0.1) is 0 Å². The van der Waals surface area contributed by atoms with Gasteiger partial charge in [0.1, 0.15) is 5.75 Å². The van der Waals surface area contributed by atoms with E-state index < -0.39 is 12.8 Å². The first-order valence-electron chi connectivity index (χ1n) is 9.88. The molecule has 9 heteroatoms. The molecule has 29 heavy (non-hydrogen) atoms. The number of hydrogen-bond acceptors (Lipinski definition) is 5. The first-order chi connectivity index (χ1) is 13.8. The van der Waals surface area contributed by atoms with Crippen LogP contribution in [0.3, 0.4) is 0 Å². The Balaban J connectivity index is 1.81. The second-order valence-corrected chi connectivity index (χ2v) is 7.40. The van der Waals surface area contributed by atoms with Crippen molar-refractivity contribution in [3.63, 3.8) is 0 Å². The molecule has 1 aromatic rings. The van der Waals surface area contributed by atoms with E-state index in [0.717, 1.165) is 0 Å². The zero-order chi connectivity index (χ0) is 21.0. The van der Waals surface area contributed by atoms with Gasteiger partial charge in [0.15, 0.2) is 6.61 Å². The van der Waals surface area contributed by atoms with E-state index in [1.54, 1.807) is 18.2 Å². The Morgan fingerprint density at radius 3 is 2.52 bits per heavy atom. The Labute approximate surface area is 168 Å². The maximum Gasteiger partial charge on any atom is 0.422 e. The van der Waals surface area contributed by atoms with Crippen molar-refractivity contribution in [2.75, 3.05) is 32.8 Å². The van der Waals surface area contributed by atoms with E-state index in [2.05, 4.69) is 10.2 Å². The van der Waals surface area contributed by atoms with Gasteiger partial charge in [-0.2, -0.15) is 13.2 Å². The summed E-state index contributed by atoms with van der Waals surface area (Å²) < 4.78 is 43.0. The Hall–Kier alpha value is -2.13. The van der Waals surface area contributed by atoms with E-state index in [-0.39, 0.29) is 42.5 Å². The Bertz CT molecular complexity index is 723. The molecule has 2 saturated heterocycles.